The molecule has 0 aromatic heterocycles. The number of esters is 1. The summed E-state index contributed by atoms with van der Waals surface area (Å²) in [4.78, 5) is 12.6. The van der Waals surface area contributed by atoms with Gasteiger partial charge in [0.1, 0.15) is 0 Å². The maximum atomic E-state index is 11.4. The summed E-state index contributed by atoms with van der Waals surface area (Å²) in [6.07, 6.45) is 4.67. The molecule has 90 valence electrons. The number of ether oxygens (including phenoxy) is 1. The molecule has 0 radical (unpaired) electrons. The van der Waals surface area contributed by atoms with Crippen LogP contribution in [0.5, 0.6) is 0 Å². The van der Waals surface area contributed by atoms with E-state index < -0.39 is 0 Å². The van der Waals surface area contributed by atoms with Gasteiger partial charge in [-0.3, -0.25) is 4.79 Å². The van der Waals surface area contributed by atoms with Crippen LogP contribution in [0.25, 0.3) is 6.08 Å². The molecule has 1 unspecified atom stereocenters. The first-order valence-corrected chi connectivity index (χ1v) is 6.81. The first kappa shape index (κ1) is 12.2. The largest absolute Gasteiger partial charge is 0.469 e. The average Bonchev–Trinajstić information content (AvgIpc) is 2.64. The smallest absolute Gasteiger partial charge is 0.306 e. The molecule has 2 nitrogen and oxygen atoms in total. The summed E-state index contributed by atoms with van der Waals surface area (Å²) in [7, 11) is 1.44. The van der Waals surface area contributed by atoms with Crippen LogP contribution in [-0.4, -0.2) is 19.3 Å². The summed E-state index contributed by atoms with van der Waals surface area (Å²) >= 11 is 1.73. The number of fused-ring (bicyclic) bond motifs is 1. The van der Waals surface area contributed by atoms with E-state index in [2.05, 4.69) is 37.5 Å². The Morgan fingerprint density at radius 2 is 2.24 bits per heavy atom. The molecule has 1 aliphatic rings. The fourth-order valence-electron chi connectivity index (χ4n) is 2.23. The summed E-state index contributed by atoms with van der Waals surface area (Å²) in [5, 5.41) is 0. The minimum absolute atomic E-state index is 0.149. The normalized spacial score (nSPS) is 17.6. The second kappa shape index (κ2) is 4.96. The Hall–Kier alpha value is -1.22. The molecule has 0 aliphatic heterocycles. The quantitative estimate of drug-likeness (QED) is 0.605. The highest BCUT2D eigenvalue weighted by Crippen LogP contribution is 2.39. The van der Waals surface area contributed by atoms with Crippen LogP contribution in [0.3, 0.4) is 0 Å². The Morgan fingerprint density at radius 3 is 2.88 bits per heavy atom. The Bertz CT molecular complexity index is 477. The van der Waals surface area contributed by atoms with Crippen LogP contribution < -0.4 is 0 Å². The Balaban J connectivity index is 2.30. The minimum atomic E-state index is -0.149. The molecule has 3 heteroatoms. The summed E-state index contributed by atoms with van der Waals surface area (Å²) < 4.78 is 4.75. The number of methoxy groups -OCH3 is 1. The number of hydrogen-bond acceptors (Lipinski definition) is 3. The zero-order valence-electron chi connectivity index (χ0n) is 10.3. The van der Waals surface area contributed by atoms with Crippen molar-refractivity contribution in [2.75, 3.05) is 13.4 Å². The number of allylic oxidation sites excluding steroid dienone is 1. The standard InChI is InChI=1S/C14H16O2S/c1-9-6-10-7-11(17-3)4-5-12(10)13(9)8-14(15)16-2/h4-7,13H,8H2,1-3H3. The maximum Gasteiger partial charge on any atom is 0.306 e. The number of thioether (sulfide) groups is 1. The molecule has 0 fully saturated rings. The lowest BCUT2D eigenvalue weighted by Crippen LogP contribution is -2.08. The van der Waals surface area contributed by atoms with Crippen molar-refractivity contribution >= 4 is 23.8 Å². The molecule has 1 aromatic carbocycles. The van der Waals surface area contributed by atoms with Crippen LogP contribution in [0.1, 0.15) is 30.4 Å². The Kier molecular flexibility index (Phi) is 3.57. The van der Waals surface area contributed by atoms with Gasteiger partial charge < -0.3 is 4.74 Å². The Morgan fingerprint density at radius 1 is 1.47 bits per heavy atom. The molecule has 0 bridgehead atoms. The van der Waals surface area contributed by atoms with Gasteiger partial charge in [0.2, 0.25) is 0 Å². The van der Waals surface area contributed by atoms with E-state index in [9.17, 15) is 4.79 Å². The van der Waals surface area contributed by atoms with E-state index in [0.717, 1.165) is 0 Å². The van der Waals surface area contributed by atoms with E-state index in [0.29, 0.717) is 6.42 Å². The summed E-state index contributed by atoms with van der Waals surface area (Å²) in [6, 6.07) is 6.42. The highest BCUT2D eigenvalue weighted by Gasteiger charge is 2.25. The van der Waals surface area contributed by atoms with Crippen LogP contribution in [0.15, 0.2) is 28.7 Å². The van der Waals surface area contributed by atoms with Crippen molar-refractivity contribution < 1.29 is 9.53 Å². The number of rotatable bonds is 3. The fraction of sp³-hybridized carbons (Fsp3) is 0.357. The van der Waals surface area contributed by atoms with Gasteiger partial charge in [0.05, 0.1) is 13.5 Å². The third kappa shape index (κ3) is 2.39. The predicted molar refractivity (Wildman–Crippen MR) is 71.2 cm³/mol. The minimum Gasteiger partial charge on any atom is -0.469 e. The summed E-state index contributed by atoms with van der Waals surface area (Å²) in [6.45, 7) is 2.08. The molecule has 2 rings (SSSR count). The first-order valence-electron chi connectivity index (χ1n) is 5.58. The van der Waals surface area contributed by atoms with Gasteiger partial charge in [0.15, 0.2) is 0 Å². The van der Waals surface area contributed by atoms with Gasteiger partial charge in [-0.15, -0.1) is 11.8 Å². The zero-order chi connectivity index (χ0) is 12.4. The van der Waals surface area contributed by atoms with Gasteiger partial charge >= 0.3 is 5.97 Å². The van der Waals surface area contributed by atoms with E-state index in [4.69, 9.17) is 4.74 Å². The second-order valence-electron chi connectivity index (χ2n) is 4.22. The van der Waals surface area contributed by atoms with E-state index >= 15 is 0 Å². The topological polar surface area (TPSA) is 26.3 Å². The zero-order valence-corrected chi connectivity index (χ0v) is 11.1. The molecule has 17 heavy (non-hydrogen) atoms. The maximum absolute atomic E-state index is 11.4. The molecule has 0 N–H and O–H groups in total. The predicted octanol–water partition coefficient (Wildman–Crippen LogP) is 3.47. The molecular formula is C14H16O2S. The van der Waals surface area contributed by atoms with Crippen molar-refractivity contribution in [3.8, 4) is 0 Å². The van der Waals surface area contributed by atoms with E-state index in [-0.39, 0.29) is 11.9 Å². The molecule has 1 aromatic rings. The van der Waals surface area contributed by atoms with Crippen molar-refractivity contribution in [3.63, 3.8) is 0 Å². The number of carbonyl (C=O) groups is 1. The average molecular weight is 248 g/mol. The SMILES string of the molecule is COC(=O)CC1C(C)=Cc2cc(SC)ccc21. The molecule has 1 atom stereocenters. The molecule has 0 amide bonds. The third-order valence-corrected chi connectivity index (χ3v) is 3.93. The molecule has 0 saturated carbocycles. The van der Waals surface area contributed by atoms with Crippen molar-refractivity contribution in [3.05, 3.63) is 34.9 Å². The molecule has 0 heterocycles. The van der Waals surface area contributed by atoms with Gasteiger partial charge in [-0.25, -0.2) is 0 Å². The first-order chi connectivity index (χ1) is 8.15. The number of benzene rings is 1. The van der Waals surface area contributed by atoms with Crippen molar-refractivity contribution in [2.24, 2.45) is 0 Å². The number of hydrogen-bond donors (Lipinski definition) is 0. The monoisotopic (exact) mass is 248 g/mol. The van der Waals surface area contributed by atoms with Crippen LogP contribution in [0.4, 0.5) is 0 Å². The van der Waals surface area contributed by atoms with Crippen molar-refractivity contribution in [2.45, 2.75) is 24.2 Å². The van der Waals surface area contributed by atoms with Crippen molar-refractivity contribution in [1.29, 1.82) is 0 Å². The highest BCUT2D eigenvalue weighted by atomic mass is 32.2. The molecular weight excluding hydrogens is 232 g/mol. The fourth-order valence-corrected chi connectivity index (χ4v) is 2.68. The second-order valence-corrected chi connectivity index (χ2v) is 5.10. The summed E-state index contributed by atoms with van der Waals surface area (Å²) in [5.41, 5.74) is 3.72. The van der Waals surface area contributed by atoms with E-state index in [1.165, 1.54) is 28.7 Å². The van der Waals surface area contributed by atoms with Gasteiger partial charge in [-0.05, 0) is 36.4 Å². The van der Waals surface area contributed by atoms with Gasteiger partial charge in [0.25, 0.3) is 0 Å². The van der Waals surface area contributed by atoms with Crippen LogP contribution >= 0.6 is 11.8 Å². The van der Waals surface area contributed by atoms with Crippen molar-refractivity contribution in [1.82, 2.24) is 0 Å². The van der Waals surface area contributed by atoms with Gasteiger partial charge in [-0.1, -0.05) is 17.7 Å². The van der Waals surface area contributed by atoms with E-state index in [1.807, 2.05) is 0 Å². The van der Waals surface area contributed by atoms with Gasteiger partial charge in [-0.2, -0.15) is 0 Å². The third-order valence-electron chi connectivity index (χ3n) is 3.20. The molecule has 0 saturated heterocycles. The van der Waals surface area contributed by atoms with E-state index in [1.54, 1.807) is 11.8 Å². The van der Waals surface area contributed by atoms with Crippen LogP contribution in [0.2, 0.25) is 0 Å². The van der Waals surface area contributed by atoms with Gasteiger partial charge in [0, 0.05) is 10.8 Å². The number of carbonyl (C=O) groups excluding carboxylic acids is 1. The highest BCUT2D eigenvalue weighted by molar-refractivity contribution is 7.98. The van der Waals surface area contributed by atoms with Crippen LogP contribution in [-0.2, 0) is 9.53 Å². The lowest BCUT2D eigenvalue weighted by Gasteiger charge is -2.13. The lowest BCUT2D eigenvalue weighted by atomic mass is 9.93. The summed E-state index contributed by atoms with van der Waals surface area (Å²) in [5.74, 6) is 0.0397. The lowest BCUT2D eigenvalue weighted by molar-refractivity contribution is -0.140. The molecule has 0 spiro atoms. The van der Waals surface area contributed by atoms with Crippen LogP contribution in [0, 0.1) is 0 Å². The molecule has 1 aliphatic carbocycles. The Labute approximate surface area is 106 Å².